The molecule has 0 fully saturated rings. The monoisotopic (exact) mass is 214 g/mol. The lowest BCUT2D eigenvalue weighted by atomic mass is 10.3. The second kappa shape index (κ2) is 4.26. The van der Waals surface area contributed by atoms with E-state index in [0.717, 1.165) is 0 Å². The van der Waals surface area contributed by atoms with Crippen molar-refractivity contribution in [1.82, 2.24) is 0 Å². The van der Waals surface area contributed by atoms with Crippen LogP contribution in [-0.4, -0.2) is 13.0 Å². The second-order valence-electron chi connectivity index (χ2n) is 2.51. The quantitative estimate of drug-likeness (QED) is 0.616. The molecule has 1 aromatic carbocycles. The minimum atomic E-state index is -4.22. The molecule has 0 saturated heterocycles. The third-order valence-electron chi connectivity index (χ3n) is 1.46. The van der Waals surface area contributed by atoms with Gasteiger partial charge in [-0.25, -0.2) is 0 Å². The third-order valence-corrected chi connectivity index (χ3v) is 2.35. The van der Waals surface area contributed by atoms with Gasteiger partial charge in [0, 0.05) is 0 Å². The van der Waals surface area contributed by atoms with Crippen molar-refractivity contribution >= 4 is 10.1 Å². The van der Waals surface area contributed by atoms with E-state index in [1.807, 2.05) is 0 Å². The summed E-state index contributed by atoms with van der Waals surface area (Å²) >= 11 is 0. The fourth-order valence-corrected chi connectivity index (χ4v) is 1.52. The van der Waals surface area contributed by atoms with Gasteiger partial charge in [-0.3, -0.25) is 4.55 Å². The summed E-state index contributed by atoms with van der Waals surface area (Å²) in [4.78, 5) is -0.238. The van der Waals surface area contributed by atoms with Gasteiger partial charge >= 0.3 is 0 Å². The van der Waals surface area contributed by atoms with E-state index in [1.165, 1.54) is 24.5 Å². The molecule has 0 bridgehead atoms. The van der Waals surface area contributed by atoms with Crippen molar-refractivity contribution in [3.05, 3.63) is 36.6 Å². The van der Waals surface area contributed by atoms with Crippen LogP contribution in [0.4, 0.5) is 0 Å². The largest absolute Gasteiger partial charge is 0.464 e. The van der Waals surface area contributed by atoms with Gasteiger partial charge in [0.25, 0.3) is 10.1 Å². The highest BCUT2D eigenvalue weighted by molar-refractivity contribution is 7.86. The first-order valence-corrected chi connectivity index (χ1v) is 5.34. The lowest BCUT2D eigenvalue weighted by Crippen LogP contribution is -2.00. The molecule has 1 N–H and O–H groups in total. The Labute approximate surface area is 82.6 Å². The Kier molecular flexibility index (Phi) is 3.27. The third kappa shape index (κ3) is 2.58. The van der Waals surface area contributed by atoms with Crippen LogP contribution in [0, 0.1) is 0 Å². The normalized spacial score (nSPS) is 11.9. The summed E-state index contributed by atoms with van der Waals surface area (Å²) in [7, 11) is -4.22. The van der Waals surface area contributed by atoms with Crippen LogP contribution in [0.2, 0.25) is 0 Å². The van der Waals surface area contributed by atoms with Crippen LogP contribution in [0.1, 0.15) is 6.92 Å². The lowest BCUT2D eigenvalue weighted by molar-refractivity contribution is 0.448. The number of hydrogen-bond donors (Lipinski definition) is 1. The van der Waals surface area contributed by atoms with Crippen molar-refractivity contribution in [3.63, 3.8) is 0 Å². The molecule has 14 heavy (non-hydrogen) atoms. The van der Waals surface area contributed by atoms with Gasteiger partial charge in [0.05, 0.1) is 6.26 Å². The van der Waals surface area contributed by atoms with Gasteiger partial charge in [0.1, 0.15) is 10.6 Å². The molecule has 0 radical (unpaired) electrons. The van der Waals surface area contributed by atoms with Gasteiger partial charge in [-0.05, 0) is 19.1 Å². The van der Waals surface area contributed by atoms with Crippen LogP contribution in [0.15, 0.2) is 41.5 Å². The van der Waals surface area contributed by atoms with E-state index in [0.29, 0.717) is 0 Å². The van der Waals surface area contributed by atoms with E-state index >= 15 is 0 Å². The highest BCUT2D eigenvalue weighted by Gasteiger charge is 2.14. The minimum absolute atomic E-state index is 0.105. The van der Waals surface area contributed by atoms with E-state index < -0.39 is 10.1 Å². The Balaban J connectivity index is 3.16. The Bertz CT molecular complexity index is 434. The zero-order valence-corrected chi connectivity index (χ0v) is 8.36. The number of para-hydroxylation sites is 1. The number of allylic oxidation sites excluding steroid dienone is 1. The number of hydrogen-bond acceptors (Lipinski definition) is 3. The molecule has 0 heterocycles. The molecule has 76 valence electrons. The van der Waals surface area contributed by atoms with Crippen molar-refractivity contribution in [2.24, 2.45) is 0 Å². The first-order chi connectivity index (χ1) is 6.55. The molecule has 0 amide bonds. The average Bonchev–Trinajstić information content (AvgIpc) is 2.14. The predicted molar refractivity (Wildman–Crippen MR) is 51.7 cm³/mol. The lowest BCUT2D eigenvalue weighted by Gasteiger charge is -2.04. The van der Waals surface area contributed by atoms with Crippen molar-refractivity contribution < 1.29 is 17.7 Å². The molecule has 0 aliphatic carbocycles. The molecule has 1 rings (SSSR count). The fraction of sp³-hybridized carbons (Fsp3) is 0.111. The summed E-state index contributed by atoms with van der Waals surface area (Å²) in [5, 5.41) is 0. The first-order valence-electron chi connectivity index (χ1n) is 3.90. The summed E-state index contributed by atoms with van der Waals surface area (Å²) in [6, 6.07) is 5.86. The Morgan fingerprint density at radius 2 is 2.00 bits per heavy atom. The van der Waals surface area contributed by atoms with Crippen molar-refractivity contribution in [2.75, 3.05) is 0 Å². The van der Waals surface area contributed by atoms with Crippen molar-refractivity contribution in [1.29, 1.82) is 0 Å². The van der Waals surface area contributed by atoms with Crippen LogP contribution in [0.25, 0.3) is 0 Å². The smallest absolute Gasteiger partial charge is 0.298 e. The fourth-order valence-electron chi connectivity index (χ4n) is 0.902. The van der Waals surface area contributed by atoms with E-state index in [2.05, 4.69) is 0 Å². The summed E-state index contributed by atoms with van der Waals surface area (Å²) in [5.41, 5.74) is 0. The number of ether oxygens (including phenoxy) is 1. The number of benzene rings is 1. The first kappa shape index (κ1) is 10.7. The molecule has 0 aliphatic heterocycles. The van der Waals surface area contributed by atoms with Crippen LogP contribution < -0.4 is 4.74 Å². The summed E-state index contributed by atoms with van der Waals surface area (Å²) in [6.45, 7) is 1.73. The van der Waals surface area contributed by atoms with Gasteiger partial charge in [-0.2, -0.15) is 8.42 Å². The van der Waals surface area contributed by atoms with E-state index in [4.69, 9.17) is 9.29 Å². The van der Waals surface area contributed by atoms with Gasteiger partial charge < -0.3 is 4.74 Å². The Hall–Kier alpha value is -1.33. The summed E-state index contributed by atoms with van der Waals surface area (Å²) < 4.78 is 35.6. The minimum Gasteiger partial charge on any atom is -0.464 e. The molecule has 0 atom stereocenters. The summed E-state index contributed by atoms with van der Waals surface area (Å²) in [5.74, 6) is 0.105. The molecule has 0 saturated carbocycles. The van der Waals surface area contributed by atoms with Gasteiger partial charge in [-0.1, -0.05) is 18.2 Å². The highest BCUT2D eigenvalue weighted by Crippen LogP contribution is 2.22. The van der Waals surface area contributed by atoms with Crippen molar-refractivity contribution in [3.8, 4) is 5.75 Å². The molecular weight excluding hydrogens is 204 g/mol. The maximum Gasteiger partial charge on any atom is 0.298 e. The van der Waals surface area contributed by atoms with E-state index in [1.54, 1.807) is 19.1 Å². The molecule has 0 aliphatic rings. The van der Waals surface area contributed by atoms with Crippen LogP contribution in [-0.2, 0) is 10.1 Å². The Morgan fingerprint density at radius 1 is 1.36 bits per heavy atom. The maximum atomic E-state index is 10.9. The predicted octanol–water partition coefficient (Wildman–Crippen LogP) is 1.85. The molecule has 5 heteroatoms. The summed E-state index contributed by atoms with van der Waals surface area (Å²) in [6.07, 6.45) is 2.95. The average molecular weight is 214 g/mol. The standard InChI is InChI=1S/C9H10O4S/c1-2-7-13-8-5-3-4-6-9(8)14(10,11)12/h2-7H,1H3,(H,10,11,12). The molecular formula is C9H10O4S. The molecule has 0 spiro atoms. The van der Waals surface area contributed by atoms with Gasteiger partial charge in [-0.15, -0.1) is 0 Å². The zero-order chi connectivity index (χ0) is 10.6. The van der Waals surface area contributed by atoms with E-state index in [9.17, 15) is 8.42 Å². The highest BCUT2D eigenvalue weighted by atomic mass is 32.2. The SMILES string of the molecule is CC=COc1ccccc1S(=O)(=O)O. The zero-order valence-electron chi connectivity index (χ0n) is 7.54. The van der Waals surface area contributed by atoms with Crippen LogP contribution >= 0.6 is 0 Å². The van der Waals surface area contributed by atoms with Crippen LogP contribution in [0.3, 0.4) is 0 Å². The van der Waals surface area contributed by atoms with E-state index in [-0.39, 0.29) is 10.6 Å². The molecule has 1 aromatic rings. The molecule has 4 nitrogen and oxygen atoms in total. The van der Waals surface area contributed by atoms with Gasteiger partial charge in [0.15, 0.2) is 0 Å². The van der Waals surface area contributed by atoms with Crippen molar-refractivity contribution in [2.45, 2.75) is 11.8 Å². The maximum absolute atomic E-state index is 10.9. The molecule has 0 unspecified atom stereocenters. The van der Waals surface area contributed by atoms with Crippen LogP contribution in [0.5, 0.6) is 5.75 Å². The second-order valence-corrected chi connectivity index (χ2v) is 3.90. The van der Waals surface area contributed by atoms with Gasteiger partial charge in [0.2, 0.25) is 0 Å². The Morgan fingerprint density at radius 3 is 2.57 bits per heavy atom. The topological polar surface area (TPSA) is 63.6 Å². The number of rotatable bonds is 3. The molecule has 0 aromatic heterocycles.